The monoisotopic (exact) mass is 314 g/mol. The summed E-state index contributed by atoms with van der Waals surface area (Å²) in [5.41, 5.74) is 8.43. The van der Waals surface area contributed by atoms with E-state index < -0.39 is 0 Å². The van der Waals surface area contributed by atoms with Crippen molar-refractivity contribution in [3.63, 3.8) is 0 Å². The molecule has 23 heavy (non-hydrogen) atoms. The summed E-state index contributed by atoms with van der Waals surface area (Å²) in [7, 11) is 0. The SMILES string of the molecule is Nc1cn[nH]c1C1CCN(C(=O)Cc2ccc3c(c2)OCO3)C1. The fourth-order valence-corrected chi connectivity index (χ4v) is 3.19. The minimum atomic E-state index is 0.115. The lowest BCUT2D eigenvalue weighted by Crippen LogP contribution is -2.30. The van der Waals surface area contributed by atoms with Crippen LogP contribution in [0.5, 0.6) is 11.5 Å². The molecular weight excluding hydrogens is 296 g/mol. The molecule has 1 saturated heterocycles. The van der Waals surface area contributed by atoms with Gasteiger partial charge in [-0.3, -0.25) is 9.89 Å². The Morgan fingerprint density at radius 3 is 3.09 bits per heavy atom. The molecule has 1 amide bonds. The van der Waals surface area contributed by atoms with Crippen molar-refractivity contribution in [3.8, 4) is 11.5 Å². The van der Waals surface area contributed by atoms with Crippen LogP contribution >= 0.6 is 0 Å². The molecule has 3 N–H and O–H groups in total. The molecule has 0 bridgehead atoms. The topological polar surface area (TPSA) is 93.5 Å². The van der Waals surface area contributed by atoms with Crippen molar-refractivity contribution in [1.29, 1.82) is 0 Å². The fraction of sp³-hybridized carbons (Fsp3) is 0.375. The maximum Gasteiger partial charge on any atom is 0.231 e. The Labute approximate surface area is 133 Å². The van der Waals surface area contributed by atoms with Crippen molar-refractivity contribution < 1.29 is 14.3 Å². The average molecular weight is 314 g/mol. The maximum atomic E-state index is 12.5. The summed E-state index contributed by atoms with van der Waals surface area (Å²) in [5, 5.41) is 6.90. The van der Waals surface area contributed by atoms with Crippen LogP contribution in [0.4, 0.5) is 5.69 Å². The number of nitrogens with one attached hydrogen (secondary N) is 1. The van der Waals surface area contributed by atoms with Crippen LogP contribution in [-0.2, 0) is 11.2 Å². The number of amides is 1. The third-order valence-corrected chi connectivity index (χ3v) is 4.44. The average Bonchev–Trinajstić information content (AvgIpc) is 3.25. The minimum Gasteiger partial charge on any atom is -0.454 e. The highest BCUT2D eigenvalue weighted by atomic mass is 16.7. The zero-order valence-corrected chi connectivity index (χ0v) is 12.6. The van der Waals surface area contributed by atoms with Gasteiger partial charge >= 0.3 is 0 Å². The van der Waals surface area contributed by atoms with Gasteiger partial charge in [0.25, 0.3) is 0 Å². The van der Waals surface area contributed by atoms with Crippen molar-refractivity contribution in [2.45, 2.75) is 18.8 Å². The number of carbonyl (C=O) groups is 1. The number of fused-ring (bicyclic) bond motifs is 1. The van der Waals surface area contributed by atoms with E-state index in [9.17, 15) is 4.79 Å². The number of likely N-dealkylation sites (tertiary alicyclic amines) is 1. The highest BCUT2D eigenvalue weighted by Crippen LogP contribution is 2.33. The first-order valence-electron chi connectivity index (χ1n) is 7.66. The number of aromatic amines is 1. The number of nitrogens with two attached hydrogens (primary N) is 1. The molecule has 1 unspecified atom stereocenters. The molecule has 0 aliphatic carbocycles. The molecule has 3 heterocycles. The Bertz CT molecular complexity index is 743. The predicted octanol–water partition coefficient (Wildman–Crippen LogP) is 1.28. The van der Waals surface area contributed by atoms with Crippen molar-refractivity contribution in [3.05, 3.63) is 35.7 Å². The van der Waals surface area contributed by atoms with Crippen LogP contribution in [0.1, 0.15) is 23.6 Å². The molecule has 0 spiro atoms. The van der Waals surface area contributed by atoms with Gasteiger partial charge in [0.05, 0.1) is 24.0 Å². The van der Waals surface area contributed by atoms with E-state index in [1.165, 1.54) is 0 Å². The van der Waals surface area contributed by atoms with E-state index in [2.05, 4.69) is 10.2 Å². The number of hydrogen-bond donors (Lipinski definition) is 2. The Morgan fingerprint density at radius 1 is 1.39 bits per heavy atom. The zero-order chi connectivity index (χ0) is 15.8. The van der Waals surface area contributed by atoms with Crippen molar-refractivity contribution in [1.82, 2.24) is 15.1 Å². The molecule has 2 aromatic rings. The van der Waals surface area contributed by atoms with Crippen molar-refractivity contribution >= 4 is 11.6 Å². The zero-order valence-electron chi connectivity index (χ0n) is 12.6. The quantitative estimate of drug-likeness (QED) is 0.890. The van der Waals surface area contributed by atoms with Gasteiger partial charge in [0.1, 0.15) is 0 Å². The van der Waals surface area contributed by atoms with Crippen LogP contribution in [0.15, 0.2) is 24.4 Å². The van der Waals surface area contributed by atoms with Crippen LogP contribution in [0.3, 0.4) is 0 Å². The van der Waals surface area contributed by atoms with Crippen LogP contribution in [-0.4, -0.2) is 40.9 Å². The van der Waals surface area contributed by atoms with Crippen LogP contribution in [0, 0.1) is 0 Å². The number of carbonyl (C=O) groups excluding carboxylic acids is 1. The highest BCUT2D eigenvalue weighted by Gasteiger charge is 2.29. The van der Waals surface area contributed by atoms with Gasteiger partial charge in [0.15, 0.2) is 11.5 Å². The summed E-state index contributed by atoms with van der Waals surface area (Å²) >= 11 is 0. The Kier molecular flexibility index (Phi) is 3.33. The van der Waals surface area contributed by atoms with E-state index in [1.807, 2.05) is 23.1 Å². The second-order valence-corrected chi connectivity index (χ2v) is 5.93. The van der Waals surface area contributed by atoms with Gasteiger partial charge < -0.3 is 20.1 Å². The van der Waals surface area contributed by atoms with Gasteiger partial charge in [0.2, 0.25) is 12.7 Å². The number of nitrogen functional groups attached to an aromatic ring is 1. The number of H-pyrrole nitrogens is 1. The van der Waals surface area contributed by atoms with Gasteiger partial charge in [0, 0.05) is 19.0 Å². The van der Waals surface area contributed by atoms with Gasteiger partial charge in [-0.05, 0) is 24.1 Å². The lowest BCUT2D eigenvalue weighted by molar-refractivity contribution is -0.129. The number of benzene rings is 1. The van der Waals surface area contributed by atoms with E-state index >= 15 is 0 Å². The molecular formula is C16H18N4O3. The Hall–Kier alpha value is -2.70. The van der Waals surface area contributed by atoms with E-state index in [0.717, 1.165) is 30.0 Å². The minimum absolute atomic E-state index is 0.115. The fourth-order valence-electron chi connectivity index (χ4n) is 3.19. The first-order valence-corrected chi connectivity index (χ1v) is 7.66. The molecule has 0 radical (unpaired) electrons. The highest BCUT2D eigenvalue weighted by molar-refractivity contribution is 5.79. The molecule has 1 aromatic carbocycles. The Morgan fingerprint density at radius 2 is 2.26 bits per heavy atom. The van der Waals surface area contributed by atoms with E-state index in [4.69, 9.17) is 15.2 Å². The molecule has 1 fully saturated rings. The standard InChI is InChI=1S/C16H18N4O3/c17-12-7-18-19-16(12)11-3-4-20(8-11)15(21)6-10-1-2-13-14(5-10)23-9-22-13/h1-2,5,7,11H,3-4,6,8-9,17H2,(H,18,19). The van der Waals surface area contributed by atoms with Crippen molar-refractivity contribution in [2.75, 3.05) is 25.6 Å². The summed E-state index contributed by atoms with van der Waals surface area (Å²) in [6.45, 7) is 1.66. The molecule has 2 aliphatic rings. The van der Waals surface area contributed by atoms with Crippen molar-refractivity contribution in [2.24, 2.45) is 0 Å². The van der Waals surface area contributed by atoms with E-state index in [-0.39, 0.29) is 18.6 Å². The molecule has 120 valence electrons. The van der Waals surface area contributed by atoms with Crippen LogP contribution < -0.4 is 15.2 Å². The first-order chi connectivity index (χ1) is 11.2. The number of ether oxygens (including phenoxy) is 2. The van der Waals surface area contributed by atoms with E-state index in [0.29, 0.717) is 24.4 Å². The molecule has 7 nitrogen and oxygen atoms in total. The van der Waals surface area contributed by atoms with Gasteiger partial charge in [-0.1, -0.05) is 6.07 Å². The largest absolute Gasteiger partial charge is 0.454 e. The lowest BCUT2D eigenvalue weighted by Gasteiger charge is -2.16. The van der Waals surface area contributed by atoms with E-state index in [1.54, 1.807) is 6.20 Å². The summed E-state index contributed by atoms with van der Waals surface area (Å²) in [4.78, 5) is 14.4. The first kappa shape index (κ1) is 13.9. The summed E-state index contributed by atoms with van der Waals surface area (Å²) in [6, 6.07) is 5.63. The normalized spacial score (nSPS) is 19.3. The smallest absolute Gasteiger partial charge is 0.231 e. The molecule has 2 aliphatic heterocycles. The van der Waals surface area contributed by atoms with Gasteiger partial charge in [-0.2, -0.15) is 5.10 Å². The predicted molar refractivity (Wildman–Crippen MR) is 83.2 cm³/mol. The van der Waals surface area contributed by atoms with Crippen LogP contribution in [0.2, 0.25) is 0 Å². The molecule has 4 rings (SSSR count). The molecule has 1 aromatic heterocycles. The number of nitrogens with zero attached hydrogens (tertiary/aromatic N) is 2. The second kappa shape index (κ2) is 5.49. The third kappa shape index (κ3) is 2.58. The maximum absolute atomic E-state index is 12.5. The number of rotatable bonds is 3. The second-order valence-electron chi connectivity index (χ2n) is 5.93. The van der Waals surface area contributed by atoms with Gasteiger partial charge in [-0.15, -0.1) is 0 Å². The lowest BCUT2D eigenvalue weighted by atomic mass is 10.0. The number of hydrogen-bond acceptors (Lipinski definition) is 5. The summed E-state index contributed by atoms with van der Waals surface area (Å²) < 4.78 is 10.6. The van der Waals surface area contributed by atoms with Gasteiger partial charge in [-0.25, -0.2) is 0 Å². The molecule has 7 heteroatoms. The summed E-state index contributed by atoms with van der Waals surface area (Å²) in [5.74, 6) is 1.79. The number of aromatic nitrogens is 2. The molecule has 0 saturated carbocycles. The Balaban J connectivity index is 1.41. The summed E-state index contributed by atoms with van der Waals surface area (Å²) in [6.07, 6.45) is 2.88. The van der Waals surface area contributed by atoms with Crippen LogP contribution in [0.25, 0.3) is 0 Å². The third-order valence-electron chi connectivity index (χ3n) is 4.44. The molecule has 1 atom stereocenters. The number of anilines is 1.